The monoisotopic (exact) mass is 104 g/mol. The average Bonchev–Trinajstić information content (AvgIpc) is 1.39. The Bertz CT molecular complexity index is 52.0. The van der Waals surface area contributed by atoms with Crippen molar-refractivity contribution in [1.29, 1.82) is 0 Å². The molecule has 0 heterocycles. The highest BCUT2D eigenvalue weighted by Crippen LogP contribution is 1.13. The van der Waals surface area contributed by atoms with E-state index in [4.69, 9.17) is 14.4 Å². The smallest absolute Gasteiger partial charge is 0.304 e. The first-order valence-electron chi connectivity index (χ1n) is 1.22. The molecule has 0 unspecified atom stereocenters. The van der Waals surface area contributed by atoms with Gasteiger partial charge in [0.05, 0.1) is 0 Å². The summed E-state index contributed by atoms with van der Waals surface area (Å²) in [6, 6.07) is 0. The van der Waals surface area contributed by atoms with Crippen LogP contribution < -0.4 is 0 Å². The summed E-state index contributed by atoms with van der Waals surface area (Å²) >= 11 is 0. The van der Waals surface area contributed by atoms with Crippen LogP contribution in [-0.2, 0) is 14.4 Å². The quantitative estimate of drug-likeness (QED) is 0.414. The standard InChI is InChI=1S/C2H4O.CO2.CH4/c1-2-3;2-1-3;/h2H,1H3;;1H4. The van der Waals surface area contributed by atoms with Gasteiger partial charge in [0.15, 0.2) is 0 Å². The molecule has 0 aromatic heterocycles. The molecule has 0 aromatic carbocycles. The van der Waals surface area contributed by atoms with Crippen LogP contribution in [0, 0.1) is 0 Å². The van der Waals surface area contributed by atoms with Crippen molar-refractivity contribution in [3.63, 3.8) is 0 Å². The number of aldehydes is 1. The maximum absolute atomic E-state index is 8.81. The molecule has 0 spiro atoms. The van der Waals surface area contributed by atoms with Gasteiger partial charge in [0.25, 0.3) is 0 Å². The second-order valence-electron chi connectivity index (χ2n) is 0.319. The van der Waals surface area contributed by atoms with Crippen molar-refractivity contribution in [1.82, 2.24) is 0 Å². The first-order chi connectivity index (χ1) is 2.83. The Balaban J connectivity index is -0.0000000400. The minimum Gasteiger partial charge on any atom is -0.304 e. The minimum atomic E-state index is 0. The van der Waals surface area contributed by atoms with E-state index in [1.807, 2.05) is 0 Å². The molecule has 0 saturated carbocycles. The van der Waals surface area contributed by atoms with Crippen LogP contribution in [0.5, 0.6) is 0 Å². The summed E-state index contributed by atoms with van der Waals surface area (Å²) in [6.07, 6.45) is 1.00. The maximum Gasteiger partial charge on any atom is 0.373 e. The second-order valence-corrected chi connectivity index (χ2v) is 0.319. The van der Waals surface area contributed by atoms with E-state index < -0.39 is 0 Å². The van der Waals surface area contributed by atoms with Crippen molar-refractivity contribution in [2.75, 3.05) is 0 Å². The molecular weight excluding hydrogens is 96.0 g/mol. The van der Waals surface area contributed by atoms with E-state index in [0.717, 1.165) is 6.29 Å². The average molecular weight is 104 g/mol. The molecule has 0 atom stereocenters. The van der Waals surface area contributed by atoms with Crippen LogP contribution in [-0.4, -0.2) is 12.4 Å². The first-order valence-corrected chi connectivity index (χ1v) is 1.22. The van der Waals surface area contributed by atoms with Crippen LogP contribution in [0.3, 0.4) is 0 Å². The van der Waals surface area contributed by atoms with Gasteiger partial charge in [-0.2, -0.15) is 9.59 Å². The first kappa shape index (κ1) is 16.6. The van der Waals surface area contributed by atoms with E-state index in [9.17, 15) is 0 Å². The fourth-order valence-corrected chi connectivity index (χ4v) is 0. The zero-order chi connectivity index (χ0) is 5.41. The minimum absolute atomic E-state index is 0. The van der Waals surface area contributed by atoms with E-state index in [0.29, 0.717) is 0 Å². The van der Waals surface area contributed by atoms with Crippen molar-refractivity contribution in [3.05, 3.63) is 0 Å². The third-order valence-electron chi connectivity index (χ3n) is 0. The van der Waals surface area contributed by atoms with Gasteiger partial charge >= 0.3 is 6.15 Å². The van der Waals surface area contributed by atoms with Gasteiger partial charge in [0, 0.05) is 0 Å². The van der Waals surface area contributed by atoms with Crippen molar-refractivity contribution in [2.24, 2.45) is 0 Å². The molecule has 0 N–H and O–H groups in total. The van der Waals surface area contributed by atoms with E-state index in [-0.39, 0.29) is 13.6 Å². The summed E-state index contributed by atoms with van der Waals surface area (Å²) < 4.78 is 0. The summed E-state index contributed by atoms with van der Waals surface area (Å²) in [5.41, 5.74) is 0. The molecule has 0 fully saturated rings. The van der Waals surface area contributed by atoms with E-state index in [1.165, 1.54) is 6.92 Å². The SMILES string of the molecule is C.CC=O.O=C=O. The van der Waals surface area contributed by atoms with Crippen molar-refractivity contribution in [2.45, 2.75) is 14.4 Å². The number of rotatable bonds is 0. The number of hydrogen-bond donors (Lipinski definition) is 0. The summed E-state index contributed by atoms with van der Waals surface area (Å²) in [6.45, 7) is 1.44. The summed E-state index contributed by atoms with van der Waals surface area (Å²) in [4.78, 5) is 25.1. The lowest BCUT2D eigenvalue weighted by Crippen LogP contribution is -1.36. The Morgan fingerprint density at radius 2 is 1.43 bits per heavy atom. The summed E-state index contributed by atoms with van der Waals surface area (Å²) in [7, 11) is 0. The molecule has 42 valence electrons. The Hall–Kier alpha value is -0.950. The molecule has 0 saturated heterocycles. The Morgan fingerprint density at radius 1 is 1.43 bits per heavy atom. The van der Waals surface area contributed by atoms with Gasteiger partial charge < -0.3 is 4.79 Å². The highest BCUT2D eigenvalue weighted by atomic mass is 16.2. The molecule has 0 rings (SSSR count). The van der Waals surface area contributed by atoms with Gasteiger partial charge in [0.1, 0.15) is 6.29 Å². The van der Waals surface area contributed by atoms with Gasteiger partial charge in [-0.05, 0) is 6.92 Å². The van der Waals surface area contributed by atoms with Gasteiger partial charge in [-0.3, -0.25) is 0 Å². The van der Waals surface area contributed by atoms with Crippen LogP contribution in [0.25, 0.3) is 0 Å². The summed E-state index contributed by atoms with van der Waals surface area (Å²) in [5, 5.41) is 0. The molecule has 0 bridgehead atoms. The van der Waals surface area contributed by atoms with Crippen molar-refractivity contribution in [3.8, 4) is 0 Å². The van der Waals surface area contributed by atoms with Crippen LogP contribution in [0.15, 0.2) is 0 Å². The lowest BCUT2D eigenvalue weighted by molar-refractivity contribution is -0.191. The van der Waals surface area contributed by atoms with E-state index in [2.05, 4.69) is 0 Å². The lowest BCUT2D eigenvalue weighted by atomic mass is 11.0. The lowest BCUT2D eigenvalue weighted by Gasteiger charge is -1.23. The highest BCUT2D eigenvalue weighted by Gasteiger charge is 1.24. The molecule has 0 aliphatic carbocycles. The Kier molecular flexibility index (Phi) is 178. The van der Waals surface area contributed by atoms with Crippen molar-refractivity contribution < 1.29 is 14.4 Å². The van der Waals surface area contributed by atoms with E-state index >= 15 is 0 Å². The van der Waals surface area contributed by atoms with Crippen LogP contribution in [0.4, 0.5) is 0 Å². The number of hydrogen-bond acceptors (Lipinski definition) is 3. The topological polar surface area (TPSA) is 51.2 Å². The third kappa shape index (κ3) is 52.1. The molecule has 3 nitrogen and oxygen atoms in total. The zero-order valence-corrected chi connectivity index (χ0v) is 3.30. The predicted molar refractivity (Wildman–Crippen MR) is 23.5 cm³/mol. The maximum atomic E-state index is 8.81. The fourth-order valence-electron chi connectivity index (χ4n) is 0. The molecule has 7 heavy (non-hydrogen) atoms. The molecule has 0 amide bonds. The molecular formula is C4H8O3. The van der Waals surface area contributed by atoms with Crippen LogP contribution >= 0.6 is 0 Å². The van der Waals surface area contributed by atoms with Gasteiger partial charge in [-0.15, -0.1) is 0 Å². The largest absolute Gasteiger partial charge is 0.373 e. The van der Waals surface area contributed by atoms with Crippen LogP contribution in [0.1, 0.15) is 14.4 Å². The number of carbonyl (C=O) groups is 1. The second kappa shape index (κ2) is 75.1. The van der Waals surface area contributed by atoms with Gasteiger partial charge in [-0.1, -0.05) is 7.43 Å². The number of carbonyl (C=O) groups excluding carboxylic acids is 3. The molecule has 0 aromatic rings. The zero-order valence-electron chi connectivity index (χ0n) is 3.30. The highest BCUT2D eigenvalue weighted by molar-refractivity contribution is 5.44. The fraction of sp³-hybridized carbons (Fsp3) is 0.500. The molecule has 0 aliphatic rings. The van der Waals surface area contributed by atoms with E-state index in [1.54, 1.807) is 0 Å². The molecule has 0 aliphatic heterocycles. The normalized spacial score (nSPS) is 3.00. The Morgan fingerprint density at radius 3 is 1.43 bits per heavy atom. The summed E-state index contributed by atoms with van der Waals surface area (Å²) in [5.74, 6) is 0. The third-order valence-corrected chi connectivity index (χ3v) is 0. The molecule has 0 radical (unpaired) electrons. The predicted octanol–water partition coefficient (Wildman–Crippen LogP) is 0.258. The molecule has 3 heteroatoms. The Labute approximate surface area is 42.3 Å². The van der Waals surface area contributed by atoms with Crippen LogP contribution in [0.2, 0.25) is 0 Å². The van der Waals surface area contributed by atoms with Crippen molar-refractivity contribution >= 4 is 12.4 Å². The van der Waals surface area contributed by atoms with Gasteiger partial charge in [0.2, 0.25) is 0 Å². The van der Waals surface area contributed by atoms with Gasteiger partial charge in [-0.25, -0.2) is 0 Å².